The fourth-order valence-corrected chi connectivity index (χ4v) is 4.06. The number of carbonyl (C=O) groups is 1. The van der Waals surface area contributed by atoms with Crippen LogP contribution in [0.4, 0.5) is 13.2 Å². The van der Waals surface area contributed by atoms with Crippen LogP contribution < -0.4 is 0 Å². The molecule has 6 nitrogen and oxygen atoms in total. The van der Waals surface area contributed by atoms with Gasteiger partial charge in [0.05, 0.1) is 5.75 Å². The van der Waals surface area contributed by atoms with E-state index in [1.807, 2.05) is 6.92 Å². The van der Waals surface area contributed by atoms with E-state index in [-0.39, 0.29) is 22.6 Å². The number of nitrogens with zero attached hydrogens (tertiary/aromatic N) is 5. The number of carbonyl (C=O) groups excluding carboxylic acids is 1. The first-order valence-electron chi connectivity index (χ1n) is 9.41. The molecular weight excluding hydrogens is 403 g/mol. The van der Waals surface area contributed by atoms with E-state index in [9.17, 15) is 18.0 Å². The zero-order chi connectivity index (χ0) is 20.9. The second-order valence-electron chi connectivity index (χ2n) is 6.61. The maximum atomic E-state index is 13.1. The van der Waals surface area contributed by atoms with Crippen LogP contribution >= 0.6 is 11.8 Å². The van der Waals surface area contributed by atoms with Crippen molar-refractivity contribution in [3.8, 4) is 11.4 Å². The maximum Gasteiger partial charge on any atom is 0.406 e. The minimum absolute atomic E-state index is 0.00246. The standard InChI is InChI=1S/C19H22F3N5OS/c1-2-26(15-6-4-3-5-7-15)16(28)12-29-18-25-24-17(14-8-10-23-11-9-14)27(18)13-19(20,21)22/h6,8-11H,2-5,7,12-13H2,1H3. The lowest BCUT2D eigenvalue weighted by molar-refractivity contribution is -0.141. The number of aromatic nitrogens is 4. The van der Waals surface area contributed by atoms with Crippen LogP contribution in [0.2, 0.25) is 0 Å². The molecule has 10 heteroatoms. The van der Waals surface area contributed by atoms with Gasteiger partial charge in [0.1, 0.15) is 6.54 Å². The molecule has 0 aliphatic heterocycles. The third kappa shape index (κ3) is 5.59. The van der Waals surface area contributed by atoms with Gasteiger partial charge < -0.3 is 4.90 Å². The molecule has 0 fully saturated rings. The van der Waals surface area contributed by atoms with Crippen LogP contribution in [0.1, 0.15) is 32.6 Å². The third-order valence-electron chi connectivity index (χ3n) is 4.55. The van der Waals surface area contributed by atoms with Crippen LogP contribution in [-0.2, 0) is 11.3 Å². The summed E-state index contributed by atoms with van der Waals surface area (Å²) in [4.78, 5) is 18.3. The lowest BCUT2D eigenvalue weighted by atomic mass is 10.0. The molecule has 2 heterocycles. The molecule has 1 aliphatic rings. The predicted octanol–water partition coefficient (Wildman–Crippen LogP) is 4.30. The topological polar surface area (TPSA) is 63.9 Å². The highest BCUT2D eigenvalue weighted by Crippen LogP contribution is 2.29. The second kappa shape index (κ2) is 9.43. The van der Waals surface area contributed by atoms with Gasteiger partial charge in [0.15, 0.2) is 11.0 Å². The Hall–Kier alpha value is -2.36. The quantitative estimate of drug-likeness (QED) is 0.619. The van der Waals surface area contributed by atoms with Crippen molar-refractivity contribution in [3.05, 3.63) is 36.3 Å². The van der Waals surface area contributed by atoms with Crippen molar-refractivity contribution < 1.29 is 18.0 Å². The summed E-state index contributed by atoms with van der Waals surface area (Å²) >= 11 is 0.974. The Balaban J connectivity index is 1.78. The van der Waals surface area contributed by atoms with Gasteiger partial charge in [-0.2, -0.15) is 13.2 Å². The van der Waals surface area contributed by atoms with Crippen molar-refractivity contribution >= 4 is 17.7 Å². The van der Waals surface area contributed by atoms with Crippen LogP contribution in [0.3, 0.4) is 0 Å². The van der Waals surface area contributed by atoms with Crippen LogP contribution in [-0.4, -0.2) is 49.0 Å². The van der Waals surface area contributed by atoms with Gasteiger partial charge >= 0.3 is 6.18 Å². The smallest absolute Gasteiger partial charge is 0.316 e. The van der Waals surface area contributed by atoms with E-state index < -0.39 is 12.7 Å². The van der Waals surface area contributed by atoms with E-state index in [1.54, 1.807) is 17.0 Å². The Morgan fingerprint density at radius 2 is 2.00 bits per heavy atom. The number of alkyl halides is 3. The highest BCUT2D eigenvalue weighted by Gasteiger charge is 2.32. The van der Waals surface area contributed by atoms with Crippen molar-refractivity contribution in [1.82, 2.24) is 24.6 Å². The van der Waals surface area contributed by atoms with Crippen molar-refractivity contribution in [1.29, 1.82) is 0 Å². The van der Waals surface area contributed by atoms with Crippen molar-refractivity contribution in [3.63, 3.8) is 0 Å². The van der Waals surface area contributed by atoms with E-state index in [1.165, 1.54) is 12.4 Å². The Morgan fingerprint density at radius 1 is 1.24 bits per heavy atom. The summed E-state index contributed by atoms with van der Waals surface area (Å²) in [6, 6.07) is 3.15. The molecule has 156 valence electrons. The van der Waals surface area contributed by atoms with E-state index in [4.69, 9.17) is 0 Å². The summed E-state index contributed by atoms with van der Waals surface area (Å²) in [6.07, 6.45) is 4.54. The molecule has 0 atom stereocenters. The van der Waals surface area contributed by atoms with E-state index in [0.29, 0.717) is 12.1 Å². The summed E-state index contributed by atoms with van der Waals surface area (Å²) in [7, 11) is 0. The summed E-state index contributed by atoms with van der Waals surface area (Å²) < 4.78 is 40.4. The molecule has 0 aromatic carbocycles. The van der Waals surface area contributed by atoms with Gasteiger partial charge in [-0.1, -0.05) is 17.8 Å². The van der Waals surface area contributed by atoms with Crippen LogP contribution in [0.25, 0.3) is 11.4 Å². The van der Waals surface area contributed by atoms with Crippen LogP contribution in [0, 0.1) is 0 Å². The number of amides is 1. The maximum absolute atomic E-state index is 13.1. The average molecular weight is 425 g/mol. The molecule has 1 aliphatic carbocycles. The zero-order valence-corrected chi connectivity index (χ0v) is 16.8. The van der Waals surface area contributed by atoms with Gasteiger partial charge in [-0.05, 0) is 44.7 Å². The summed E-state index contributed by atoms with van der Waals surface area (Å²) in [5, 5.41) is 7.91. The minimum Gasteiger partial charge on any atom is -0.316 e. The first-order valence-corrected chi connectivity index (χ1v) is 10.4. The van der Waals surface area contributed by atoms with Gasteiger partial charge in [-0.3, -0.25) is 14.3 Å². The fraction of sp³-hybridized carbons (Fsp3) is 0.474. The SMILES string of the molecule is CCN(C(=O)CSc1nnc(-c2ccncc2)n1CC(F)(F)F)C1=CCCCC1. The zero-order valence-electron chi connectivity index (χ0n) is 16.0. The molecule has 3 rings (SSSR count). The third-order valence-corrected chi connectivity index (χ3v) is 5.50. The second-order valence-corrected chi connectivity index (χ2v) is 7.55. The number of allylic oxidation sites excluding steroid dienone is 2. The summed E-state index contributed by atoms with van der Waals surface area (Å²) in [5.74, 6) is -0.0444. The number of halogens is 3. The molecule has 0 saturated heterocycles. The van der Waals surface area contributed by atoms with Crippen LogP contribution in [0.15, 0.2) is 41.5 Å². The van der Waals surface area contributed by atoms with E-state index in [0.717, 1.165) is 47.7 Å². The lowest BCUT2D eigenvalue weighted by Crippen LogP contribution is -2.32. The molecule has 0 spiro atoms. The molecule has 0 saturated carbocycles. The number of pyridine rings is 1. The molecular formula is C19H22F3N5OS. The molecule has 29 heavy (non-hydrogen) atoms. The number of hydrogen-bond donors (Lipinski definition) is 0. The van der Waals surface area contributed by atoms with Crippen molar-refractivity contribution in [2.45, 2.75) is 50.5 Å². The Morgan fingerprint density at radius 3 is 2.62 bits per heavy atom. The molecule has 0 bridgehead atoms. The largest absolute Gasteiger partial charge is 0.406 e. The highest BCUT2D eigenvalue weighted by molar-refractivity contribution is 7.99. The van der Waals surface area contributed by atoms with Crippen molar-refractivity contribution in [2.24, 2.45) is 0 Å². The van der Waals surface area contributed by atoms with Gasteiger partial charge in [0.2, 0.25) is 5.91 Å². The number of thioether (sulfide) groups is 1. The first-order chi connectivity index (χ1) is 13.9. The Bertz CT molecular complexity index is 866. The molecule has 2 aromatic rings. The number of hydrogen-bond acceptors (Lipinski definition) is 5. The van der Waals surface area contributed by atoms with Gasteiger partial charge in [-0.15, -0.1) is 10.2 Å². The lowest BCUT2D eigenvalue weighted by Gasteiger charge is -2.26. The summed E-state index contributed by atoms with van der Waals surface area (Å²) in [6.45, 7) is 1.20. The average Bonchev–Trinajstić information content (AvgIpc) is 3.09. The monoisotopic (exact) mass is 425 g/mol. The molecule has 2 aromatic heterocycles. The van der Waals surface area contributed by atoms with Crippen molar-refractivity contribution in [2.75, 3.05) is 12.3 Å². The molecule has 0 unspecified atom stereocenters. The normalized spacial score (nSPS) is 14.6. The molecule has 0 radical (unpaired) electrons. The van der Waals surface area contributed by atoms with E-state index in [2.05, 4.69) is 21.3 Å². The summed E-state index contributed by atoms with van der Waals surface area (Å²) in [5.41, 5.74) is 1.48. The van der Waals surface area contributed by atoms with Gasteiger partial charge in [0, 0.05) is 30.2 Å². The Kier molecular flexibility index (Phi) is 6.94. The molecule has 1 amide bonds. The highest BCUT2D eigenvalue weighted by atomic mass is 32.2. The Labute approximate surface area is 171 Å². The number of rotatable bonds is 7. The minimum atomic E-state index is -4.44. The molecule has 0 N–H and O–H groups in total. The predicted molar refractivity (Wildman–Crippen MR) is 104 cm³/mol. The van der Waals surface area contributed by atoms with Crippen LogP contribution in [0.5, 0.6) is 0 Å². The van der Waals surface area contributed by atoms with Gasteiger partial charge in [-0.25, -0.2) is 0 Å². The van der Waals surface area contributed by atoms with Gasteiger partial charge in [0.25, 0.3) is 0 Å². The fourth-order valence-electron chi connectivity index (χ4n) is 3.24. The van der Waals surface area contributed by atoms with E-state index >= 15 is 0 Å². The first kappa shape index (κ1) is 21.4.